The molecule has 0 saturated heterocycles. The number of hydrogen-bond acceptors (Lipinski definition) is 4. The molecule has 0 aliphatic carbocycles. The fourth-order valence-corrected chi connectivity index (χ4v) is 1.45. The second-order valence-corrected chi connectivity index (χ2v) is 6.32. The minimum Gasteiger partial charge on any atom is -0.444 e. The SMILES string of the molecule is CC(C)(C)OC(=O)NCCOCC[N+](C)(C)CC(N)=O. The molecular formula is C13H28N3O4+. The zero-order chi connectivity index (χ0) is 15.8. The molecule has 0 unspecified atom stereocenters. The molecule has 0 aromatic rings. The van der Waals surface area contributed by atoms with E-state index in [1.54, 1.807) is 0 Å². The monoisotopic (exact) mass is 290 g/mol. The van der Waals surface area contributed by atoms with E-state index >= 15 is 0 Å². The first kappa shape index (κ1) is 18.7. The van der Waals surface area contributed by atoms with Crippen LogP contribution >= 0.6 is 0 Å². The predicted octanol–water partition coefficient (Wildman–Crippen LogP) is 0.0894. The van der Waals surface area contributed by atoms with E-state index in [1.807, 2.05) is 34.9 Å². The molecule has 0 spiro atoms. The van der Waals surface area contributed by atoms with Crippen LogP contribution in [0, 0.1) is 0 Å². The second-order valence-electron chi connectivity index (χ2n) is 6.32. The van der Waals surface area contributed by atoms with Crippen molar-refractivity contribution >= 4 is 12.0 Å². The van der Waals surface area contributed by atoms with E-state index in [1.165, 1.54) is 0 Å². The van der Waals surface area contributed by atoms with E-state index in [4.69, 9.17) is 15.2 Å². The number of primary amides is 1. The molecule has 0 aromatic carbocycles. The molecule has 0 heterocycles. The molecular weight excluding hydrogens is 262 g/mol. The van der Waals surface area contributed by atoms with Gasteiger partial charge in [0.05, 0.1) is 27.3 Å². The number of ether oxygens (including phenoxy) is 2. The number of carbonyl (C=O) groups is 2. The summed E-state index contributed by atoms with van der Waals surface area (Å²) >= 11 is 0. The minimum atomic E-state index is -0.499. The van der Waals surface area contributed by atoms with Crippen molar-refractivity contribution in [2.24, 2.45) is 5.73 Å². The van der Waals surface area contributed by atoms with Gasteiger partial charge in [-0.3, -0.25) is 4.79 Å². The summed E-state index contributed by atoms with van der Waals surface area (Å²) in [6.07, 6.45) is -0.453. The van der Waals surface area contributed by atoms with Crippen molar-refractivity contribution in [1.82, 2.24) is 5.32 Å². The van der Waals surface area contributed by atoms with Crippen molar-refractivity contribution in [2.75, 3.05) is 46.9 Å². The van der Waals surface area contributed by atoms with Crippen molar-refractivity contribution in [3.05, 3.63) is 0 Å². The average molecular weight is 290 g/mol. The molecule has 20 heavy (non-hydrogen) atoms. The van der Waals surface area contributed by atoms with Gasteiger partial charge in [0.25, 0.3) is 5.91 Å². The minimum absolute atomic E-state index is 0.277. The Labute approximate surface area is 121 Å². The quantitative estimate of drug-likeness (QED) is 0.489. The molecule has 0 aliphatic heterocycles. The number of quaternary nitrogens is 1. The van der Waals surface area contributed by atoms with E-state index in [9.17, 15) is 9.59 Å². The number of hydrogen-bond donors (Lipinski definition) is 2. The summed E-state index contributed by atoms with van der Waals surface area (Å²) in [5.74, 6) is -0.332. The van der Waals surface area contributed by atoms with Crippen LogP contribution in [-0.2, 0) is 14.3 Å². The fourth-order valence-electron chi connectivity index (χ4n) is 1.45. The second kappa shape index (κ2) is 8.06. The van der Waals surface area contributed by atoms with Crippen LogP contribution in [0.5, 0.6) is 0 Å². The fraction of sp³-hybridized carbons (Fsp3) is 0.846. The molecule has 0 rings (SSSR count). The number of nitrogens with one attached hydrogen (secondary N) is 1. The van der Waals surface area contributed by atoms with Gasteiger partial charge in [-0.1, -0.05) is 0 Å². The molecule has 0 aliphatic rings. The summed E-state index contributed by atoms with van der Waals surface area (Å²) in [7, 11) is 3.82. The molecule has 0 bridgehead atoms. The Hall–Kier alpha value is -1.34. The lowest BCUT2D eigenvalue weighted by molar-refractivity contribution is -0.882. The summed E-state index contributed by atoms with van der Waals surface area (Å²) in [6, 6.07) is 0. The van der Waals surface area contributed by atoms with Gasteiger partial charge >= 0.3 is 6.09 Å². The van der Waals surface area contributed by atoms with Crippen molar-refractivity contribution in [3.63, 3.8) is 0 Å². The number of alkyl carbamates (subject to hydrolysis) is 1. The van der Waals surface area contributed by atoms with Gasteiger partial charge < -0.3 is 25.0 Å². The maximum atomic E-state index is 11.3. The summed E-state index contributed by atoms with van der Waals surface area (Å²) in [5, 5.41) is 2.60. The van der Waals surface area contributed by atoms with E-state index in [0.717, 1.165) is 0 Å². The molecule has 3 N–H and O–H groups in total. The van der Waals surface area contributed by atoms with Crippen LogP contribution in [0.15, 0.2) is 0 Å². The Morgan fingerprint density at radius 1 is 1.20 bits per heavy atom. The van der Waals surface area contributed by atoms with Gasteiger partial charge in [-0.15, -0.1) is 0 Å². The highest BCUT2D eigenvalue weighted by Crippen LogP contribution is 2.06. The van der Waals surface area contributed by atoms with Crippen LogP contribution in [0.1, 0.15) is 20.8 Å². The Morgan fingerprint density at radius 2 is 1.80 bits per heavy atom. The lowest BCUT2D eigenvalue weighted by Crippen LogP contribution is -2.48. The molecule has 0 radical (unpaired) electrons. The first-order valence-corrected chi connectivity index (χ1v) is 6.67. The van der Waals surface area contributed by atoms with Crippen LogP contribution in [0.3, 0.4) is 0 Å². The number of rotatable bonds is 8. The molecule has 0 fully saturated rings. The number of likely N-dealkylation sites (N-methyl/N-ethyl adjacent to an activating group) is 1. The first-order chi connectivity index (χ1) is 9.02. The van der Waals surface area contributed by atoms with Crippen molar-refractivity contribution in [3.8, 4) is 0 Å². The molecule has 0 saturated carbocycles. The maximum absolute atomic E-state index is 11.3. The topological polar surface area (TPSA) is 90.7 Å². The standard InChI is InChI=1S/C13H27N3O4/c1-13(2,3)20-12(18)15-6-8-19-9-7-16(4,5)10-11(14)17/h6-10H2,1-5H3,(H2-,14,15,17,18)/p+1. The van der Waals surface area contributed by atoms with Gasteiger partial charge in [0.2, 0.25) is 0 Å². The third-order valence-corrected chi connectivity index (χ3v) is 2.34. The van der Waals surface area contributed by atoms with Crippen LogP contribution in [0.4, 0.5) is 4.79 Å². The van der Waals surface area contributed by atoms with E-state index in [-0.39, 0.29) is 12.5 Å². The van der Waals surface area contributed by atoms with Gasteiger partial charge in [0.15, 0.2) is 6.54 Å². The van der Waals surface area contributed by atoms with Crippen LogP contribution < -0.4 is 11.1 Å². The smallest absolute Gasteiger partial charge is 0.407 e. The van der Waals surface area contributed by atoms with E-state index in [2.05, 4.69) is 5.32 Å². The third kappa shape index (κ3) is 11.7. The van der Waals surface area contributed by atoms with Crippen LogP contribution in [0.2, 0.25) is 0 Å². The zero-order valence-corrected chi connectivity index (χ0v) is 13.2. The van der Waals surface area contributed by atoms with E-state index < -0.39 is 11.7 Å². The zero-order valence-electron chi connectivity index (χ0n) is 13.2. The molecule has 2 amide bonds. The molecule has 7 heteroatoms. The van der Waals surface area contributed by atoms with Gasteiger partial charge in [0, 0.05) is 6.54 Å². The number of nitrogens with two attached hydrogens (primary N) is 1. The highest BCUT2D eigenvalue weighted by Gasteiger charge is 2.18. The molecule has 0 aromatic heterocycles. The highest BCUT2D eigenvalue weighted by atomic mass is 16.6. The first-order valence-electron chi connectivity index (χ1n) is 6.67. The lowest BCUT2D eigenvalue weighted by atomic mass is 10.2. The normalized spacial score (nSPS) is 12.1. The average Bonchev–Trinajstić information content (AvgIpc) is 2.18. The number of carbonyl (C=O) groups excluding carboxylic acids is 2. The summed E-state index contributed by atoms with van der Waals surface area (Å²) in [4.78, 5) is 22.2. The lowest BCUT2D eigenvalue weighted by Gasteiger charge is -2.27. The summed E-state index contributed by atoms with van der Waals surface area (Å²) in [6.45, 7) is 7.66. The van der Waals surface area contributed by atoms with Crippen molar-refractivity contribution < 1.29 is 23.5 Å². The van der Waals surface area contributed by atoms with Gasteiger partial charge in [-0.05, 0) is 20.8 Å². The van der Waals surface area contributed by atoms with E-state index in [0.29, 0.717) is 30.8 Å². The highest BCUT2D eigenvalue weighted by molar-refractivity contribution is 5.74. The predicted molar refractivity (Wildman–Crippen MR) is 76.1 cm³/mol. The molecule has 118 valence electrons. The number of amides is 2. The summed E-state index contributed by atoms with van der Waals surface area (Å²) < 4.78 is 11.0. The van der Waals surface area contributed by atoms with Gasteiger partial charge in [0.1, 0.15) is 12.1 Å². The van der Waals surface area contributed by atoms with Crippen LogP contribution in [-0.4, -0.2) is 69.0 Å². The Morgan fingerprint density at radius 3 is 2.30 bits per heavy atom. The third-order valence-electron chi connectivity index (χ3n) is 2.34. The largest absolute Gasteiger partial charge is 0.444 e. The maximum Gasteiger partial charge on any atom is 0.407 e. The van der Waals surface area contributed by atoms with Gasteiger partial charge in [-0.2, -0.15) is 0 Å². The Kier molecular flexibility index (Phi) is 7.52. The number of nitrogens with zero attached hydrogens (tertiary/aromatic N) is 1. The molecule has 7 nitrogen and oxygen atoms in total. The van der Waals surface area contributed by atoms with Gasteiger partial charge in [-0.25, -0.2) is 4.79 Å². The Balaban J connectivity index is 3.63. The van der Waals surface area contributed by atoms with Crippen molar-refractivity contribution in [1.29, 1.82) is 0 Å². The van der Waals surface area contributed by atoms with Crippen molar-refractivity contribution in [2.45, 2.75) is 26.4 Å². The Bertz CT molecular complexity index is 324. The van der Waals surface area contributed by atoms with Crippen LogP contribution in [0.25, 0.3) is 0 Å². The molecule has 0 atom stereocenters. The summed E-state index contributed by atoms with van der Waals surface area (Å²) in [5.41, 5.74) is 4.66.